The Morgan fingerprint density at radius 3 is 2.86 bits per heavy atom. The average molecular weight is 364 g/mol. The summed E-state index contributed by atoms with van der Waals surface area (Å²) >= 11 is 1.60. The maximum atomic E-state index is 11.9. The first-order chi connectivity index (χ1) is 9.72. The quantitative estimate of drug-likeness (QED) is 0.855. The van der Waals surface area contributed by atoms with Crippen LogP contribution in [-0.4, -0.2) is 30.5 Å². The van der Waals surface area contributed by atoms with Gasteiger partial charge in [-0.25, -0.2) is 4.98 Å². The lowest BCUT2D eigenvalue weighted by molar-refractivity contribution is -0.120. The van der Waals surface area contributed by atoms with Crippen molar-refractivity contribution >= 4 is 42.1 Å². The first kappa shape index (κ1) is 19.0. The fourth-order valence-corrected chi connectivity index (χ4v) is 2.70. The van der Waals surface area contributed by atoms with Crippen molar-refractivity contribution in [3.8, 4) is 11.5 Å². The Hall–Kier alpha value is -1.08. The summed E-state index contributed by atoms with van der Waals surface area (Å²) < 4.78 is 5.62. The number of hydrogen-bond donors (Lipinski definition) is 2. The van der Waals surface area contributed by atoms with Gasteiger partial charge in [0, 0.05) is 36.5 Å². The zero-order valence-corrected chi connectivity index (χ0v) is 14.6. The van der Waals surface area contributed by atoms with Crippen LogP contribution in [-0.2, 0) is 11.2 Å². The standard InChI is InChI=1S/C14H17N3O2S.2ClH/c1-9-12(4-13(18)16-7-10-5-15-6-10)17-14(19-9)11-2-3-20-8-11;;/h2-3,8,10,15H,4-7H2,1H3,(H,16,18);2*1H. The van der Waals surface area contributed by atoms with Crippen molar-refractivity contribution in [2.24, 2.45) is 5.92 Å². The second kappa shape index (κ2) is 8.53. The smallest absolute Gasteiger partial charge is 0.227 e. The van der Waals surface area contributed by atoms with Crippen LogP contribution in [0.3, 0.4) is 0 Å². The number of aromatic nitrogens is 1. The molecular formula is C14H19Cl2N3O2S. The molecule has 22 heavy (non-hydrogen) atoms. The second-order valence-corrected chi connectivity index (χ2v) is 5.82. The lowest BCUT2D eigenvalue weighted by Gasteiger charge is -2.26. The molecule has 3 rings (SSSR count). The Morgan fingerprint density at radius 2 is 2.27 bits per heavy atom. The van der Waals surface area contributed by atoms with Gasteiger partial charge in [0.05, 0.1) is 12.1 Å². The minimum absolute atomic E-state index is 0. The number of hydrogen-bond acceptors (Lipinski definition) is 5. The molecule has 0 bridgehead atoms. The van der Waals surface area contributed by atoms with E-state index in [1.54, 1.807) is 11.3 Å². The monoisotopic (exact) mass is 363 g/mol. The average Bonchev–Trinajstić information content (AvgIpc) is 2.98. The van der Waals surface area contributed by atoms with E-state index in [2.05, 4.69) is 15.6 Å². The molecule has 1 aliphatic heterocycles. The summed E-state index contributed by atoms with van der Waals surface area (Å²) in [6, 6.07) is 1.96. The van der Waals surface area contributed by atoms with Crippen molar-refractivity contribution in [1.82, 2.24) is 15.6 Å². The van der Waals surface area contributed by atoms with Crippen LogP contribution in [0.15, 0.2) is 21.2 Å². The van der Waals surface area contributed by atoms with Crippen LogP contribution in [0.1, 0.15) is 11.5 Å². The van der Waals surface area contributed by atoms with Crippen LogP contribution in [0.25, 0.3) is 11.5 Å². The molecule has 3 heterocycles. The molecule has 0 aromatic carbocycles. The molecule has 2 aromatic heterocycles. The van der Waals surface area contributed by atoms with E-state index in [9.17, 15) is 4.79 Å². The summed E-state index contributed by atoms with van der Waals surface area (Å²) in [6.07, 6.45) is 0.277. The predicted octanol–water partition coefficient (Wildman–Crippen LogP) is 2.43. The third-order valence-electron chi connectivity index (χ3n) is 3.44. The van der Waals surface area contributed by atoms with E-state index in [1.165, 1.54) is 0 Å². The van der Waals surface area contributed by atoms with E-state index in [-0.39, 0.29) is 37.1 Å². The normalized spacial score (nSPS) is 13.7. The van der Waals surface area contributed by atoms with Gasteiger partial charge in [-0.3, -0.25) is 4.79 Å². The molecule has 0 unspecified atom stereocenters. The van der Waals surface area contributed by atoms with Crippen LogP contribution in [0.4, 0.5) is 0 Å². The van der Waals surface area contributed by atoms with Crippen molar-refractivity contribution in [3.05, 3.63) is 28.3 Å². The van der Waals surface area contributed by atoms with Crippen molar-refractivity contribution in [2.75, 3.05) is 19.6 Å². The number of rotatable bonds is 5. The van der Waals surface area contributed by atoms with Gasteiger partial charge in [-0.1, -0.05) is 0 Å². The molecule has 1 fully saturated rings. The molecule has 0 atom stereocenters. The van der Waals surface area contributed by atoms with E-state index >= 15 is 0 Å². The summed E-state index contributed by atoms with van der Waals surface area (Å²) in [5.41, 5.74) is 1.68. The van der Waals surface area contributed by atoms with Gasteiger partial charge < -0.3 is 15.1 Å². The largest absolute Gasteiger partial charge is 0.441 e. The Morgan fingerprint density at radius 1 is 1.50 bits per heavy atom. The van der Waals surface area contributed by atoms with Crippen molar-refractivity contribution in [3.63, 3.8) is 0 Å². The first-order valence-electron chi connectivity index (χ1n) is 6.68. The number of oxazole rings is 1. The summed E-state index contributed by atoms with van der Waals surface area (Å²) in [4.78, 5) is 16.3. The molecule has 1 aliphatic rings. The molecule has 122 valence electrons. The third kappa shape index (κ3) is 4.46. The van der Waals surface area contributed by atoms with Gasteiger partial charge in [0.25, 0.3) is 0 Å². The molecule has 0 saturated carbocycles. The molecule has 1 amide bonds. The molecule has 8 heteroatoms. The third-order valence-corrected chi connectivity index (χ3v) is 4.13. The minimum atomic E-state index is 0. The summed E-state index contributed by atoms with van der Waals surface area (Å²) in [5, 5.41) is 10.1. The number of carbonyl (C=O) groups excluding carboxylic acids is 1. The van der Waals surface area contributed by atoms with E-state index < -0.39 is 0 Å². The molecule has 1 saturated heterocycles. The molecule has 5 nitrogen and oxygen atoms in total. The highest BCUT2D eigenvalue weighted by Crippen LogP contribution is 2.23. The molecule has 2 N–H and O–H groups in total. The fraction of sp³-hybridized carbons (Fsp3) is 0.429. The summed E-state index contributed by atoms with van der Waals surface area (Å²) in [6.45, 7) is 4.57. The highest BCUT2D eigenvalue weighted by atomic mass is 35.5. The highest BCUT2D eigenvalue weighted by molar-refractivity contribution is 7.08. The number of carbonyl (C=O) groups is 1. The van der Waals surface area contributed by atoms with E-state index in [0.717, 1.165) is 30.9 Å². The van der Waals surface area contributed by atoms with Gasteiger partial charge in [-0.05, 0) is 18.4 Å². The molecule has 0 spiro atoms. The van der Waals surface area contributed by atoms with E-state index in [0.29, 0.717) is 17.6 Å². The number of thiophene rings is 1. The van der Waals surface area contributed by atoms with Crippen LogP contribution < -0.4 is 10.6 Å². The topological polar surface area (TPSA) is 67.2 Å². The number of nitrogens with zero attached hydrogens (tertiary/aromatic N) is 1. The zero-order chi connectivity index (χ0) is 13.9. The minimum Gasteiger partial charge on any atom is -0.441 e. The van der Waals surface area contributed by atoms with Gasteiger partial charge in [0.2, 0.25) is 11.8 Å². The summed E-state index contributed by atoms with van der Waals surface area (Å²) in [5.74, 6) is 1.88. The molecule has 0 aliphatic carbocycles. The lowest BCUT2D eigenvalue weighted by atomic mass is 10.0. The number of halogens is 2. The fourth-order valence-electron chi connectivity index (χ4n) is 2.07. The second-order valence-electron chi connectivity index (χ2n) is 5.04. The van der Waals surface area contributed by atoms with Gasteiger partial charge in [-0.15, -0.1) is 24.8 Å². The van der Waals surface area contributed by atoms with Crippen LogP contribution in [0, 0.1) is 12.8 Å². The maximum absolute atomic E-state index is 11.9. The maximum Gasteiger partial charge on any atom is 0.227 e. The molecular weight excluding hydrogens is 345 g/mol. The van der Waals surface area contributed by atoms with Crippen molar-refractivity contribution in [1.29, 1.82) is 0 Å². The number of nitrogens with one attached hydrogen (secondary N) is 2. The van der Waals surface area contributed by atoms with Crippen molar-refractivity contribution < 1.29 is 9.21 Å². The van der Waals surface area contributed by atoms with E-state index in [1.807, 2.05) is 23.8 Å². The van der Waals surface area contributed by atoms with Gasteiger partial charge >= 0.3 is 0 Å². The highest BCUT2D eigenvalue weighted by Gasteiger charge is 2.19. The van der Waals surface area contributed by atoms with Crippen molar-refractivity contribution in [2.45, 2.75) is 13.3 Å². The Kier molecular flexibility index (Phi) is 7.35. The lowest BCUT2D eigenvalue weighted by Crippen LogP contribution is -2.48. The first-order valence-corrected chi connectivity index (χ1v) is 7.63. The molecule has 2 aromatic rings. The van der Waals surface area contributed by atoms with Crippen LogP contribution in [0.5, 0.6) is 0 Å². The Balaban J connectivity index is 0.00000121. The number of aryl methyl sites for hydroxylation is 1. The summed E-state index contributed by atoms with van der Waals surface area (Å²) in [7, 11) is 0. The van der Waals surface area contributed by atoms with Gasteiger partial charge in [0.15, 0.2) is 0 Å². The Bertz CT molecular complexity index is 597. The van der Waals surface area contributed by atoms with Crippen LogP contribution in [0.2, 0.25) is 0 Å². The Labute approximate surface area is 145 Å². The molecule has 0 radical (unpaired) electrons. The van der Waals surface area contributed by atoms with Crippen LogP contribution >= 0.6 is 36.2 Å². The SMILES string of the molecule is Cc1oc(-c2ccsc2)nc1CC(=O)NCC1CNC1.Cl.Cl. The van der Waals surface area contributed by atoms with E-state index in [4.69, 9.17) is 4.42 Å². The number of amides is 1. The van der Waals surface area contributed by atoms with Gasteiger partial charge in [0.1, 0.15) is 5.76 Å². The van der Waals surface area contributed by atoms with Gasteiger partial charge in [-0.2, -0.15) is 11.3 Å². The zero-order valence-electron chi connectivity index (χ0n) is 12.1. The predicted molar refractivity (Wildman–Crippen MR) is 92.1 cm³/mol.